The average Bonchev–Trinajstić information content (AvgIpc) is 3.21. The number of rotatable bonds is 3. The smallest absolute Gasteiger partial charge is 0.313 e. The number of piperazine rings is 1. The molecule has 8 heteroatoms. The Kier molecular flexibility index (Phi) is 4.92. The standard InChI is InChI=1S/C20H21N3O5/c1-26-16-5-3-2-4-15(16)22-8-10-23(11-9-22)20(25)19(24)21-14-6-7-17-18(12-14)28-13-27-17/h2-7,12H,8-11,13H2,1H3,(H,21,24). The molecule has 0 atom stereocenters. The molecule has 2 aromatic carbocycles. The van der Waals surface area contributed by atoms with E-state index in [-0.39, 0.29) is 6.79 Å². The molecule has 2 heterocycles. The fraction of sp³-hybridized carbons (Fsp3) is 0.300. The number of ether oxygens (including phenoxy) is 3. The molecule has 0 aromatic heterocycles. The summed E-state index contributed by atoms with van der Waals surface area (Å²) in [5.74, 6) is 0.761. The summed E-state index contributed by atoms with van der Waals surface area (Å²) in [7, 11) is 1.64. The van der Waals surface area contributed by atoms with E-state index in [4.69, 9.17) is 14.2 Å². The van der Waals surface area contributed by atoms with Crippen LogP contribution >= 0.6 is 0 Å². The van der Waals surface area contributed by atoms with Gasteiger partial charge in [0.25, 0.3) is 0 Å². The summed E-state index contributed by atoms with van der Waals surface area (Å²) < 4.78 is 15.9. The van der Waals surface area contributed by atoms with E-state index in [9.17, 15) is 9.59 Å². The van der Waals surface area contributed by atoms with Crippen LogP contribution in [0.3, 0.4) is 0 Å². The molecular formula is C20H21N3O5. The molecule has 1 fully saturated rings. The molecule has 28 heavy (non-hydrogen) atoms. The van der Waals surface area contributed by atoms with Crippen molar-refractivity contribution in [2.45, 2.75) is 0 Å². The van der Waals surface area contributed by atoms with Gasteiger partial charge in [0.2, 0.25) is 6.79 Å². The molecule has 4 rings (SSSR count). The molecule has 0 bridgehead atoms. The van der Waals surface area contributed by atoms with Crippen molar-refractivity contribution in [2.24, 2.45) is 0 Å². The van der Waals surface area contributed by atoms with Crippen molar-refractivity contribution < 1.29 is 23.8 Å². The van der Waals surface area contributed by atoms with Crippen LogP contribution in [-0.4, -0.2) is 56.8 Å². The summed E-state index contributed by atoms with van der Waals surface area (Å²) in [6.45, 7) is 2.34. The van der Waals surface area contributed by atoms with Gasteiger partial charge in [-0.1, -0.05) is 12.1 Å². The number of carbonyl (C=O) groups excluding carboxylic acids is 2. The Balaban J connectivity index is 1.35. The Morgan fingerprint density at radius 1 is 1.00 bits per heavy atom. The molecule has 0 saturated carbocycles. The predicted molar refractivity (Wildman–Crippen MR) is 103 cm³/mol. The van der Waals surface area contributed by atoms with Gasteiger partial charge in [0, 0.05) is 37.9 Å². The lowest BCUT2D eigenvalue weighted by atomic mass is 10.2. The van der Waals surface area contributed by atoms with Gasteiger partial charge in [-0.25, -0.2) is 0 Å². The third-order valence-corrected chi connectivity index (χ3v) is 4.82. The number of methoxy groups -OCH3 is 1. The molecule has 2 amide bonds. The third kappa shape index (κ3) is 3.53. The van der Waals surface area contributed by atoms with Gasteiger partial charge in [0.1, 0.15) is 5.75 Å². The molecule has 0 unspecified atom stereocenters. The van der Waals surface area contributed by atoms with E-state index in [0.29, 0.717) is 43.4 Å². The maximum atomic E-state index is 12.5. The van der Waals surface area contributed by atoms with E-state index in [1.807, 2.05) is 24.3 Å². The van der Waals surface area contributed by atoms with Crippen molar-refractivity contribution in [3.8, 4) is 17.2 Å². The van der Waals surface area contributed by atoms with Gasteiger partial charge in [-0.3, -0.25) is 9.59 Å². The largest absolute Gasteiger partial charge is 0.495 e. The van der Waals surface area contributed by atoms with Crippen molar-refractivity contribution in [3.05, 3.63) is 42.5 Å². The second kappa shape index (κ2) is 7.67. The summed E-state index contributed by atoms with van der Waals surface area (Å²) in [4.78, 5) is 28.6. The number of hydrogen-bond acceptors (Lipinski definition) is 6. The molecule has 2 aromatic rings. The molecule has 0 aliphatic carbocycles. The van der Waals surface area contributed by atoms with Crippen LogP contribution in [0.5, 0.6) is 17.2 Å². The Morgan fingerprint density at radius 3 is 2.54 bits per heavy atom. The molecular weight excluding hydrogens is 362 g/mol. The van der Waals surface area contributed by atoms with Crippen LogP contribution in [0, 0.1) is 0 Å². The number of fused-ring (bicyclic) bond motifs is 1. The van der Waals surface area contributed by atoms with Crippen molar-refractivity contribution in [2.75, 3.05) is 50.3 Å². The van der Waals surface area contributed by atoms with Crippen LogP contribution < -0.4 is 24.4 Å². The number of nitrogens with one attached hydrogen (secondary N) is 1. The monoisotopic (exact) mass is 383 g/mol. The highest BCUT2D eigenvalue weighted by atomic mass is 16.7. The molecule has 146 valence electrons. The highest BCUT2D eigenvalue weighted by molar-refractivity contribution is 6.39. The first-order valence-electron chi connectivity index (χ1n) is 9.03. The fourth-order valence-corrected chi connectivity index (χ4v) is 3.34. The highest BCUT2D eigenvalue weighted by Gasteiger charge is 2.27. The lowest BCUT2D eigenvalue weighted by molar-refractivity contribution is -0.143. The van der Waals surface area contributed by atoms with Crippen LogP contribution in [0.1, 0.15) is 0 Å². The molecule has 2 aliphatic rings. The molecule has 1 N–H and O–H groups in total. The van der Waals surface area contributed by atoms with E-state index in [2.05, 4.69) is 10.2 Å². The van der Waals surface area contributed by atoms with Crippen LogP contribution in [0.4, 0.5) is 11.4 Å². The number of carbonyl (C=O) groups is 2. The van der Waals surface area contributed by atoms with Gasteiger partial charge >= 0.3 is 11.8 Å². The summed E-state index contributed by atoms with van der Waals surface area (Å²) in [5.41, 5.74) is 1.48. The Morgan fingerprint density at radius 2 is 1.75 bits per heavy atom. The zero-order valence-electron chi connectivity index (χ0n) is 15.5. The highest BCUT2D eigenvalue weighted by Crippen LogP contribution is 2.34. The maximum Gasteiger partial charge on any atom is 0.313 e. The summed E-state index contributed by atoms with van der Waals surface area (Å²) in [6, 6.07) is 12.8. The van der Waals surface area contributed by atoms with Crippen molar-refractivity contribution in [3.63, 3.8) is 0 Å². The zero-order valence-corrected chi connectivity index (χ0v) is 15.5. The quantitative estimate of drug-likeness (QED) is 0.813. The number of para-hydroxylation sites is 2. The molecule has 8 nitrogen and oxygen atoms in total. The van der Waals surface area contributed by atoms with Gasteiger partial charge in [0.05, 0.1) is 12.8 Å². The molecule has 2 aliphatic heterocycles. The van der Waals surface area contributed by atoms with Gasteiger partial charge in [0.15, 0.2) is 11.5 Å². The fourth-order valence-electron chi connectivity index (χ4n) is 3.34. The second-order valence-corrected chi connectivity index (χ2v) is 6.47. The van der Waals surface area contributed by atoms with Crippen molar-refractivity contribution in [1.82, 2.24) is 4.90 Å². The van der Waals surface area contributed by atoms with Crippen LogP contribution in [0.2, 0.25) is 0 Å². The van der Waals surface area contributed by atoms with Crippen molar-refractivity contribution >= 4 is 23.2 Å². The molecule has 0 radical (unpaired) electrons. The Bertz CT molecular complexity index is 893. The number of hydrogen-bond donors (Lipinski definition) is 1. The van der Waals surface area contributed by atoms with E-state index >= 15 is 0 Å². The number of amides is 2. The van der Waals surface area contributed by atoms with Crippen LogP contribution in [-0.2, 0) is 9.59 Å². The van der Waals surface area contributed by atoms with E-state index in [0.717, 1.165) is 11.4 Å². The van der Waals surface area contributed by atoms with Gasteiger partial charge in [-0.2, -0.15) is 0 Å². The zero-order chi connectivity index (χ0) is 19.5. The minimum atomic E-state index is -0.662. The maximum absolute atomic E-state index is 12.5. The van der Waals surface area contributed by atoms with Gasteiger partial charge < -0.3 is 29.3 Å². The lowest BCUT2D eigenvalue weighted by Crippen LogP contribution is -2.51. The normalized spacial score (nSPS) is 15.3. The van der Waals surface area contributed by atoms with E-state index in [1.54, 1.807) is 30.2 Å². The predicted octanol–water partition coefficient (Wildman–Crippen LogP) is 1.71. The lowest BCUT2D eigenvalue weighted by Gasteiger charge is -2.36. The van der Waals surface area contributed by atoms with Gasteiger partial charge in [-0.15, -0.1) is 0 Å². The summed E-state index contributed by atoms with van der Waals surface area (Å²) >= 11 is 0. The van der Waals surface area contributed by atoms with Crippen LogP contribution in [0.15, 0.2) is 42.5 Å². The summed E-state index contributed by atoms with van der Waals surface area (Å²) in [6.07, 6.45) is 0. The number of nitrogens with zero attached hydrogens (tertiary/aromatic N) is 2. The van der Waals surface area contributed by atoms with Crippen LogP contribution in [0.25, 0.3) is 0 Å². The number of anilines is 2. The summed E-state index contributed by atoms with van der Waals surface area (Å²) in [5, 5.41) is 2.63. The second-order valence-electron chi connectivity index (χ2n) is 6.47. The Labute approximate surface area is 162 Å². The Hall–Kier alpha value is -3.42. The third-order valence-electron chi connectivity index (χ3n) is 4.82. The molecule has 0 spiro atoms. The van der Waals surface area contributed by atoms with Crippen molar-refractivity contribution in [1.29, 1.82) is 0 Å². The number of benzene rings is 2. The SMILES string of the molecule is COc1ccccc1N1CCN(C(=O)C(=O)Nc2ccc3c(c2)OCO3)CC1. The average molecular weight is 383 g/mol. The minimum Gasteiger partial charge on any atom is -0.495 e. The first-order valence-corrected chi connectivity index (χ1v) is 9.03. The topological polar surface area (TPSA) is 80.3 Å². The first kappa shape index (κ1) is 18.0. The van der Waals surface area contributed by atoms with Gasteiger partial charge in [-0.05, 0) is 24.3 Å². The molecule has 1 saturated heterocycles. The van der Waals surface area contributed by atoms with E-state index in [1.165, 1.54) is 0 Å². The first-order chi connectivity index (χ1) is 13.7. The van der Waals surface area contributed by atoms with E-state index < -0.39 is 11.8 Å². The minimum absolute atomic E-state index is 0.155.